The minimum absolute atomic E-state index is 0.123. The van der Waals surface area contributed by atoms with Crippen LogP contribution in [0.3, 0.4) is 0 Å². The quantitative estimate of drug-likeness (QED) is 0.631. The Hall–Kier alpha value is -2.10. The van der Waals surface area contributed by atoms with Crippen LogP contribution in [0.2, 0.25) is 0 Å². The predicted molar refractivity (Wildman–Crippen MR) is 59.6 cm³/mol. The lowest BCUT2D eigenvalue weighted by Crippen LogP contribution is -2.16. The molecule has 2 heterocycles. The van der Waals surface area contributed by atoms with Crippen molar-refractivity contribution in [3.8, 4) is 0 Å². The molecule has 2 aliphatic rings. The summed E-state index contributed by atoms with van der Waals surface area (Å²) in [6.45, 7) is 0.618. The summed E-state index contributed by atoms with van der Waals surface area (Å²) in [5.74, 6) is -0.296. The maximum Gasteiger partial charge on any atom is 0.256 e. The molecule has 4 nitrogen and oxygen atoms in total. The van der Waals surface area contributed by atoms with Gasteiger partial charge in [0.05, 0.1) is 5.57 Å². The molecule has 80 valence electrons. The summed E-state index contributed by atoms with van der Waals surface area (Å²) in [6, 6.07) is 7.43. The molecule has 1 aromatic carbocycles. The molecule has 1 saturated heterocycles. The number of fused-ring (bicyclic) bond motifs is 1. The second-order valence-corrected chi connectivity index (χ2v) is 3.86. The zero-order valence-corrected chi connectivity index (χ0v) is 8.54. The van der Waals surface area contributed by atoms with E-state index in [2.05, 4.69) is 10.6 Å². The Kier molecular flexibility index (Phi) is 1.83. The number of amides is 2. The van der Waals surface area contributed by atoms with Gasteiger partial charge in [0.25, 0.3) is 5.91 Å². The van der Waals surface area contributed by atoms with Crippen LogP contribution in [0.15, 0.2) is 29.8 Å². The molecule has 2 amide bonds. The summed E-state index contributed by atoms with van der Waals surface area (Å²) in [5.41, 5.74) is 2.75. The number of carbonyl (C=O) groups is 2. The lowest BCUT2D eigenvalue weighted by atomic mass is 10.0. The van der Waals surface area contributed by atoms with Gasteiger partial charge in [-0.15, -0.1) is 0 Å². The van der Waals surface area contributed by atoms with E-state index in [1.807, 2.05) is 24.3 Å². The standard InChI is InChI=1S/C12H10N2O2/c15-11-8(5-6-13-11)10-7-3-1-2-4-9(7)14-12(10)16/h1-4H,5-6H2,(H,13,15)(H,14,16). The normalized spacial score (nSPS) is 23.0. The average molecular weight is 214 g/mol. The van der Waals surface area contributed by atoms with Crippen LogP contribution in [0.5, 0.6) is 0 Å². The SMILES string of the molecule is O=C1NCCC1=C1C(=O)Nc2ccccc21. The summed E-state index contributed by atoms with van der Waals surface area (Å²) >= 11 is 0. The molecular formula is C12H10N2O2. The van der Waals surface area contributed by atoms with Gasteiger partial charge in [-0.3, -0.25) is 9.59 Å². The Balaban J connectivity index is 2.22. The van der Waals surface area contributed by atoms with Crippen molar-refractivity contribution < 1.29 is 9.59 Å². The lowest BCUT2D eigenvalue weighted by molar-refractivity contribution is -0.116. The summed E-state index contributed by atoms with van der Waals surface area (Å²) < 4.78 is 0. The van der Waals surface area contributed by atoms with Gasteiger partial charge in [0, 0.05) is 23.4 Å². The number of nitrogens with one attached hydrogen (secondary N) is 2. The highest BCUT2D eigenvalue weighted by Gasteiger charge is 2.31. The molecule has 2 N–H and O–H groups in total. The largest absolute Gasteiger partial charge is 0.352 e. The summed E-state index contributed by atoms with van der Waals surface area (Å²) in [7, 11) is 0. The highest BCUT2D eigenvalue weighted by molar-refractivity contribution is 6.35. The highest BCUT2D eigenvalue weighted by atomic mass is 16.2. The molecule has 0 aromatic heterocycles. The average Bonchev–Trinajstić information content (AvgIpc) is 2.81. The number of hydrogen-bond acceptors (Lipinski definition) is 2. The van der Waals surface area contributed by atoms with E-state index in [0.29, 0.717) is 24.1 Å². The molecule has 2 aliphatic heterocycles. The van der Waals surface area contributed by atoms with Crippen molar-refractivity contribution in [1.29, 1.82) is 0 Å². The van der Waals surface area contributed by atoms with Gasteiger partial charge in [-0.05, 0) is 12.5 Å². The third kappa shape index (κ3) is 1.16. The third-order valence-corrected chi connectivity index (χ3v) is 2.91. The highest BCUT2D eigenvalue weighted by Crippen LogP contribution is 2.35. The van der Waals surface area contributed by atoms with Crippen LogP contribution in [0.4, 0.5) is 5.69 Å². The molecular weight excluding hydrogens is 204 g/mol. The number of carbonyl (C=O) groups excluding carboxylic acids is 2. The van der Waals surface area contributed by atoms with Crippen molar-refractivity contribution in [1.82, 2.24) is 5.32 Å². The predicted octanol–water partition coefficient (Wildman–Crippen LogP) is 0.912. The van der Waals surface area contributed by atoms with E-state index < -0.39 is 0 Å². The first-order valence-corrected chi connectivity index (χ1v) is 5.19. The monoisotopic (exact) mass is 214 g/mol. The number of anilines is 1. The molecule has 4 heteroatoms. The number of hydrogen-bond donors (Lipinski definition) is 2. The molecule has 1 fully saturated rings. The first kappa shape index (κ1) is 9.15. The van der Waals surface area contributed by atoms with Crippen LogP contribution in [-0.2, 0) is 9.59 Å². The molecule has 0 radical (unpaired) electrons. The maximum atomic E-state index is 11.8. The van der Waals surface area contributed by atoms with E-state index in [1.54, 1.807) is 0 Å². The lowest BCUT2D eigenvalue weighted by Gasteiger charge is -2.00. The zero-order valence-electron chi connectivity index (χ0n) is 8.54. The number of rotatable bonds is 0. The molecule has 3 rings (SSSR count). The van der Waals surface area contributed by atoms with Crippen LogP contribution in [0.25, 0.3) is 5.57 Å². The maximum absolute atomic E-state index is 11.8. The van der Waals surface area contributed by atoms with Gasteiger partial charge in [0.1, 0.15) is 0 Å². The Bertz CT molecular complexity index is 532. The van der Waals surface area contributed by atoms with Crippen molar-refractivity contribution in [2.75, 3.05) is 11.9 Å². The van der Waals surface area contributed by atoms with Crippen LogP contribution in [0, 0.1) is 0 Å². The molecule has 0 bridgehead atoms. The number of benzene rings is 1. The van der Waals surface area contributed by atoms with Gasteiger partial charge in [0.2, 0.25) is 5.91 Å². The molecule has 1 aromatic rings. The Morgan fingerprint density at radius 1 is 1.06 bits per heavy atom. The fourth-order valence-corrected chi connectivity index (χ4v) is 2.18. The molecule has 0 aliphatic carbocycles. The third-order valence-electron chi connectivity index (χ3n) is 2.91. The van der Waals surface area contributed by atoms with E-state index in [-0.39, 0.29) is 11.8 Å². The Labute approximate surface area is 92.3 Å². The molecule has 0 atom stereocenters. The van der Waals surface area contributed by atoms with E-state index in [1.165, 1.54) is 0 Å². The molecule has 0 spiro atoms. The van der Waals surface area contributed by atoms with Crippen LogP contribution in [-0.4, -0.2) is 18.4 Å². The summed E-state index contributed by atoms with van der Waals surface area (Å²) in [6.07, 6.45) is 0.621. The van der Waals surface area contributed by atoms with Crippen molar-refractivity contribution in [3.05, 3.63) is 35.4 Å². The smallest absolute Gasteiger partial charge is 0.256 e. The zero-order chi connectivity index (χ0) is 11.1. The summed E-state index contributed by atoms with van der Waals surface area (Å²) in [5, 5.41) is 5.49. The molecule has 16 heavy (non-hydrogen) atoms. The van der Waals surface area contributed by atoms with E-state index in [0.717, 1.165) is 11.3 Å². The topological polar surface area (TPSA) is 58.2 Å². The summed E-state index contributed by atoms with van der Waals surface area (Å²) in [4.78, 5) is 23.4. The molecule has 0 unspecified atom stereocenters. The second-order valence-electron chi connectivity index (χ2n) is 3.86. The fraction of sp³-hybridized carbons (Fsp3) is 0.167. The second kappa shape index (κ2) is 3.20. The van der Waals surface area contributed by atoms with Crippen molar-refractivity contribution in [3.63, 3.8) is 0 Å². The minimum Gasteiger partial charge on any atom is -0.352 e. The van der Waals surface area contributed by atoms with Gasteiger partial charge >= 0.3 is 0 Å². The minimum atomic E-state index is -0.173. The van der Waals surface area contributed by atoms with Crippen molar-refractivity contribution in [2.45, 2.75) is 6.42 Å². The van der Waals surface area contributed by atoms with Crippen LogP contribution < -0.4 is 10.6 Å². The van der Waals surface area contributed by atoms with Crippen LogP contribution in [0.1, 0.15) is 12.0 Å². The Morgan fingerprint density at radius 3 is 2.62 bits per heavy atom. The fourth-order valence-electron chi connectivity index (χ4n) is 2.18. The first-order valence-electron chi connectivity index (χ1n) is 5.19. The van der Waals surface area contributed by atoms with Gasteiger partial charge in [0.15, 0.2) is 0 Å². The first-order chi connectivity index (χ1) is 7.77. The van der Waals surface area contributed by atoms with E-state index in [9.17, 15) is 9.59 Å². The Morgan fingerprint density at radius 2 is 1.88 bits per heavy atom. The van der Waals surface area contributed by atoms with Crippen molar-refractivity contribution >= 4 is 23.1 Å². The van der Waals surface area contributed by atoms with Gasteiger partial charge < -0.3 is 10.6 Å². The number of para-hydroxylation sites is 1. The van der Waals surface area contributed by atoms with Gasteiger partial charge in [-0.1, -0.05) is 18.2 Å². The van der Waals surface area contributed by atoms with Gasteiger partial charge in [-0.2, -0.15) is 0 Å². The molecule has 0 saturated carbocycles. The van der Waals surface area contributed by atoms with Crippen molar-refractivity contribution in [2.24, 2.45) is 0 Å². The van der Waals surface area contributed by atoms with Crippen LogP contribution >= 0.6 is 0 Å². The van der Waals surface area contributed by atoms with Gasteiger partial charge in [-0.25, -0.2) is 0 Å². The van der Waals surface area contributed by atoms with E-state index >= 15 is 0 Å². The van der Waals surface area contributed by atoms with E-state index in [4.69, 9.17) is 0 Å².